The predicted molar refractivity (Wildman–Crippen MR) is 92.7 cm³/mol. The van der Waals surface area contributed by atoms with E-state index in [1.165, 1.54) is 0 Å². The molecule has 2 rings (SSSR count). The summed E-state index contributed by atoms with van der Waals surface area (Å²) in [7, 11) is 0. The van der Waals surface area contributed by atoms with Crippen LogP contribution in [0.2, 0.25) is 0 Å². The maximum atomic E-state index is 12.2. The van der Waals surface area contributed by atoms with Gasteiger partial charge in [-0.15, -0.1) is 0 Å². The summed E-state index contributed by atoms with van der Waals surface area (Å²) in [5.74, 6) is -0.305. The summed E-state index contributed by atoms with van der Waals surface area (Å²) in [6.45, 7) is 13.9. The molecular formula is C17H31NO4S. The van der Waals surface area contributed by atoms with Crippen LogP contribution in [0.3, 0.4) is 0 Å². The number of fused-ring (bicyclic) bond motifs is 1. The van der Waals surface area contributed by atoms with Gasteiger partial charge >= 0.3 is 6.09 Å². The van der Waals surface area contributed by atoms with Crippen molar-refractivity contribution in [2.75, 3.05) is 6.26 Å². The lowest BCUT2D eigenvalue weighted by Gasteiger charge is -2.34. The molecule has 0 aromatic carbocycles. The minimum Gasteiger partial charge on any atom is -0.444 e. The molecule has 1 amide bonds. The molecule has 0 aromatic rings. The van der Waals surface area contributed by atoms with E-state index in [0.29, 0.717) is 5.92 Å². The zero-order valence-electron chi connectivity index (χ0n) is 15.6. The number of hydrogen-bond acceptors (Lipinski definition) is 5. The molecule has 2 fully saturated rings. The highest BCUT2D eigenvalue weighted by atomic mass is 32.2. The largest absolute Gasteiger partial charge is 0.444 e. The fourth-order valence-electron chi connectivity index (χ4n) is 3.41. The number of ether oxygens (including phenoxy) is 3. The van der Waals surface area contributed by atoms with E-state index in [2.05, 4.69) is 25.4 Å². The van der Waals surface area contributed by atoms with Gasteiger partial charge < -0.3 is 19.5 Å². The fraction of sp³-hybridized carbons (Fsp3) is 0.941. The average molecular weight is 346 g/mol. The number of rotatable bonds is 3. The molecule has 134 valence electrons. The average Bonchev–Trinajstić information content (AvgIpc) is 2.82. The molecule has 0 radical (unpaired) electrons. The van der Waals surface area contributed by atoms with Crippen LogP contribution < -0.4 is 5.32 Å². The minimum atomic E-state index is -0.615. The molecule has 1 N–H and O–H groups in total. The van der Waals surface area contributed by atoms with Crippen molar-refractivity contribution in [1.82, 2.24) is 5.32 Å². The topological polar surface area (TPSA) is 56.8 Å². The molecule has 1 saturated heterocycles. The zero-order valence-corrected chi connectivity index (χ0v) is 16.4. The van der Waals surface area contributed by atoms with Gasteiger partial charge in [0.25, 0.3) is 0 Å². The number of hydrogen-bond donors (Lipinski definition) is 1. The van der Waals surface area contributed by atoms with Gasteiger partial charge in [0.2, 0.25) is 0 Å². The Hall–Kier alpha value is -0.460. The maximum absolute atomic E-state index is 12.2. The first kappa shape index (κ1) is 18.9. The van der Waals surface area contributed by atoms with Crippen molar-refractivity contribution in [3.8, 4) is 0 Å². The maximum Gasteiger partial charge on any atom is 0.407 e. The van der Waals surface area contributed by atoms with E-state index in [-0.39, 0.29) is 23.0 Å². The van der Waals surface area contributed by atoms with Crippen molar-refractivity contribution < 1.29 is 19.0 Å². The molecule has 1 aliphatic heterocycles. The minimum absolute atomic E-state index is 0.00705. The van der Waals surface area contributed by atoms with Gasteiger partial charge in [0.15, 0.2) is 5.79 Å². The number of nitrogens with one attached hydrogen (secondary N) is 1. The van der Waals surface area contributed by atoms with Crippen LogP contribution in [0.4, 0.5) is 4.79 Å². The molecule has 0 bridgehead atoms. The standard InChI is InChI=1S/C17H31NO4S/c1-15(2,3)22-14(19)18-11-9-10(16(4,5)23-8)12-13(11)21-17(6,7)20-12/h10-13H,9H2,1-8H3,(H,18,19)/t10-,11+,12+,13-/m0/s1. The molecule has 23 heavy (non-hydrogen) atoms. The van der Waals surface area contributed by atoms with Crippen LogP contribution in [0.25, 0.3) is 0 Å². The van der Waals surface area contributed by atoms with Crippen LogP contribution >= 0.6 is 11.8 Å². The molecule has 1 aliphatic carbocycles. The zero-order chi connectivity index (χ0) is 17.6. The van der Waals surface area contributed by atoms with Crippen molar-refractivity contribution in [1.29, 1.82) is 0 Å². The molecule has 1 heterocycles. The fourth-order valence-corrected chi connectivity index (χ4v) is 3.95. The van der Waals surface area contributed by atoms with Crippen LogP contribution in [0, 0.1) is 5.92 Å². The normalized spacial score (nSPS) is 33.4. The van der Waals surface area contributed by atoms with Gasteiger partial charge in [-0.2, -0.15) is 11.8 Å². The van der Waals surface area contributed by atoms with E-state index < -0.39 is 17.5 Å². The van der Waals surface area contributed by atoms with Crippen molar-refractivity contribution in [2.45, 2.75) is 89.3 Å². The lowest BCUT2D eigenvalue weighted by atomic mass is 9.91. The Labute approximate surface area is 144 Å². The van der Waals surface area contributed by atoms with Crippen molar-refractivity contribution in [3.05, 3.63) is 0 Å². The van der Waals surface area contributed by atoms with Gasteiger partial charge in [0, 0.05) is 10.7 Å². The van der Waals surface area contributed by atoms with Gasteiger partial charge in [-0.05, 0) is 47.3 Å². The summed E-state index contributed by atoms with van der Waals surface area (Å²) < 4.78 is 17.7. The summed E-state index contributed by atoms with van der Waals surface area (Å²) in [6, 6.07) is -0.0898. The van der Waals surface area contributed by atoms with E-state index in [1.54, 1.807) is 0 Å². The van der Waals surface area contributed by atoms with Gasteiger partial charge in [-0.3, -0.25) is 0 Å². The van der Waals surface area contributed by atoms with Gasteiger partial charge in [0.1, 0.15) is 11.7 Å². The van der Waals surface area contributed by atoms with Crippen LogP contribution in [0.15, 0.2) is 0 Å². The molecule has 5 nitrogen and oxygen atoms in total. The highest BCUT2D eigenvalue weighted by Gasteiger charge is 2.57. The first-order chi connectivity index (χ1) is 10.3. The summed E-state index contributed by atoms with van der Waals surface area (Å²) in [6.07, 6.45) is 2.42. The third kappa shape index (κ3) is 4.34. The predicted octanol–water partition coefficient (Wildman–Crippen LogP) is 3.56. The molecular weight excluding hydrogens is 314 g/mol. The quantitative estimate of drug-likeness (QED) is 0.847. The van der Waals surface area contributed by atoms with Crippen LogP contribution in [-0.2, 0) is 14.2 Å². The first-order valence-electron chi connectivity index (χ1n) is 8.25. The Kier molecular flexibility index (Phi) is 5.02. The monoisotopic (exact) mass is 345 g/mol. The summed E-state index contributed by atoms with van der Waals surface area (Å²) in [5, 5.41) is 3.00. The van der Waals surface area contributed by atoms with E-state index in [0.717, 1.165) is 6.42 Å². The Balaban J connectivity index is 2.13. The smallest absolute Gasteiger partial charge is 0.407 e. The first-order valence-corrected chi connectivity index (χ1v) is 9.47. The Bertz CT molecular complexity index is 458. The number of carbonyl (C=O) groups is 1. The second-order valence-electron chi connectivity index (χ2n) is 8.47. The van der Waals surface area contributed by atoms with E-state index in [9.17, 15) is 4.79 Å². The van der Waals surface area contributed by atoms with Crippen LogP contribution in [0.5, 0.6) is 0 Å². The highest BCUT2D eigenvalue weighted by Crippen LogP contribution is 2.49. The number of alkyl carbamates (subject to hydrolysis) is 1. The van der Waals surface area contributed by atoms with Crippen LogP contribution in [0.1, 0.15) is 54.9 Å². The third-order valence-electron chi connectivity index (χ3n) is 4.59. The molecule has 4 atom stereocenters. The number of amides is 1. The van der Waals surface area contributed by atoms with Crippen molar-refractivity contribution in [2.24, 2.45) is 5.92 Å². The molecule has 0 spiro atoms. The molecule has 6 heteroatoms. The Morgan fingerprint density at radius 2 is 1.74 bits per heavy atom. The number of carbonyl (C=O) groups excluding carboxylic acids is 1. The third-order valence-corrected chi connectivity index (χ3v) is 5.94. The van der Waals surface area contributed by atoms with E-state index >= 15 is 0 Å². The second kappa shape index (κ2) is 6.12. The van der Waals surface area contributed by atoms with Gasteiger partial charge in [0.05, 0.1) is 12.1 Å². The van der Waals surface area contributed by atoms with E-state index in [1.807, 2.05) is 46.4 Å². The SMILES string of the molecule is CSC(C)(C)[C@H]1C[C@@H](NC(=O)OC(C)(C)C)[C@@H]2OC(C)(C)O[C@@H]21. The van der Waals surface area contributed by atoms with Crippen LogP contribution in [-0.4, -0.2) is 46.7 Å². The highest BCUT2D eigenvalue weighted by molar-refractivity contribution is 7.99. The molecule has 1 saturated carbocycles. The Morgan fingerprint density at radius 3 is 2.26 bits per heavy atom. The molecule has 0 aromatic heterocycles. The summed E-state index contributed by atoms with van der Waals surface area (Å²) in [5.41, 5.74) is -0.508. The van der Waals surface area contributed by atoms with Gasteiger partial charge in [-0.1, -0.05) is 13.8 Å². The van der Waals surface area contributed by atoms with E-state index in [4.69, 9.17) is 14.2 Å². The van der Waals surface area contributed by atoms with Gasteiger partial charge in [-0.25, -0.2) is 4.79 Å². The Morgan fingerprint density at radius 1 is 1.17 bits per heavy atom. The molecule has 2 aliphatic rings. The second-order valence-corrected chi connectivity index (χ2v) is 9.93. The lowest BCUT2D eigenvalue weighted by Crippen LogP contribution is -2.45. The lowest BCUT2D eigenvalue weighted by molar-refractivity contribution is -0.159. The summed E-state index contributed by atoms with van der Waals surface area (Å²) in [4.78, 5) is 12.2. The molecule has 0 unspecified atom stereocenters. The van der Waals surface area contributed by atoms with Crippen molar-refractivity contribution >= 4 is 17.9 Å². The number of thioether (sulfide) groups is 1. The summed E-state index contributed by atoms with van der Waals surface area (Å²) >= 11 is 1.82. The van der Waals surface area contributed by atoms with Crippen molar-refractivity contribution in [3.63, 3.8) is 0 Å².